The number of unbranched alkanes of at least 4 members (excludes halogenated alkanes) is 6. The van der Waals surface area contributed by atoms with Crippen LogP contribution < -0.4 is 0 Å². The summed E-state index contributed by atoms with van der Waals surface area (Å²) >= 11 is 0. The van der Waals surface area contributed by atoms with Crippen LogP contribution in [0.4, 0.5) is 0 Å². The number of allylic oxidation sites excluding steroid dienone is 3. The summed E-state index contributed by atoms with van der Waals surface area (Å²) in [6.07, 6.45) is 9.55. The minimum absolute atomic E-state index is 0.196. The maximum absolute atomic E-state index is 13.4. The molecule has 0 aromatic heterocycles. The van der Waals surface area contributed by atoms with Crippen LogP contribution in [-0.4, -0.2) is 59.7 Å². The van der Waals surface area contributed by atoms with Gasteiger partial charge in [0, 0.05) is 25.9 Å². The zero-order valence-electron chi connectivity index (χ0n) is 26.6. The Kier molecular flexibility index (Phi) is 12.4. The molecule has 3 rings (SSSR count). The Morgan fingerprint density at radius 3 is 2.38 bits per heavy atom. The van der Waals surface area contributed by atoms with Crippen molar-refractivity contribution >= 4 is 11.9 Å². The standard InChI is InChI=1S/C34H54O8/c1-8-11-12-13-14-15-16-17-28(37)41-29-23(5)33(7,19-18-22(4)9-2)27-21-25(36)20-26-31(38)42-32(40-24(6)35)34(26,27)30(29)39-10-3/h9,18,20,23,25,27,29-32,36,38H,2,8,10-17,19,21H2,1,3-7H3. The van der Waals surface area contributed by atoms with Crippen molar-refractivity contribution in [2.75, 3.05) is 6.61 Å². The highest BCUT2D eigenvalue weighted by Crippen LogP contribution is 2.67. The lowest BCUT2D eigenvalue weighted by atomic mass is 9.44. The largest absolute Gasteiger partial charge is 0.459 e. The molecular formula is C34H54O8. The molecule has 0 aromatic carbocycles. The van der Waals surface area contributed by atoms with Crippen molar-refractivity contribution in [2.24, 2.45) is 22.7 Å². The van der Waals surface area contributed by atoms with E-state index in [1.807, 2.05) is 13.8 Å². The maximum atomic E-state index is 13.4. The molecule has 0 radical (unpaired) electrons. The highest BCUT2D eigenvalue weighted by molar-refractivity contribution is 5.69. The molecule has 8 heteroatoms. The summed E-state index contributed by atoms with van der Waals surface area (Å²) in [5.74, 6) is -1.37. The zero-order chi connectivity index (χ0) is 31.1. The summed E-state index contributed by atoms with van der Waals surface area (Å²) in [7, 11) is 0. The Morgan fingerprint density at radius 1 is 1.10 bits per heavy atom. The van der Waals surface area contributed by atoms with E-state index in [0.29, 0.717) is 31.4 Å². The van der Waals surface area contributed by atoms with Gasteiger partial charge in [0.1, 0.15) is 12.2 Å². The highest BCUT2D eigenvalue weighted by Gasteiger charge is 2.74. The first-order valence-corrected chi connectivity index (χ1v) is 16.0. The summed E-state index contributed by atoms with van der Waals surface area (Å²) in [6, 6.07) is 0. The number of esters is 2. The minimum Gasteiger partial charge on any atom is -0.459 e. The van der Waals surface area contributed by atoms with E-state index in [4.69, 9.17) is 18.9 Å². The van der Waals surface area contributed by atoms with Crippen LogP contribution in [0.1, 0.15) is 106 Å². The maximum Gasteiger partial charge on any atom is 0.306 e. The number of hydrogen-bond donors (Lipinski definition) is 2. The number of ether oxygens (including phenoxy) is 4. The van der Waals surface area contributed by atoms with Gasteiger partial charge in [-0.2, -0.15) is 0 Å². The smallest absolute Gasteiger partial charge is 0.306 e. The second kappa shape index (κ2) is 15.1. The molecule has 1 heterocycles. The van der Waals surface area contributed by atoms with Gasteiger partial charge < -0.3 is 29.2 Å². The first kappa shape index (κ1) is 34.5. The van der Waals surface area contributed by atoms with Crippen LogP contribution in [-0.2, 0) is 28.5 Å². The van der Waals surface area contributed by atoms with E-state index in [2.05, 4.69) is 33.4 Å². The van der Waals surface area contributed by atoms with Crippen molar-refractivity contribution in [3.05, 3.63) is 36.0 Å². The van der Waals surface area contributed by atoms with E-state index in [1.165, 1.54) is 32.6 Å². The van der Waals surface area contributed by atoms with E-state index in [0.717, 1.165) is 24.8 Å². The summed E-state index contributed by atoms with van der Waals surface area (Å²) in [4.78, 5) is 25.7. The summed E-state index contributed by atoms with van der Waals surface area (Å²) in [5.41, 5.74) is -0.300. The molecule has 9 atom stereocenters. The predicted octanol–water partition coefficient (Wildman–Crippen LogP) is 6.15. The van der Waals surface area contributed by atoms with Gasteiger partial charge in [-0.05, 0) is 50.0 Å². The highest BCUT2D eigenvalue weighted by atomic mass is 16.7. The second-order valence-corrected chi connectivity index (χ2v) is 12.7. The lowest BCUT2D eigenvalue weighted by molar-refractivity contribution is -0.282. The molecule has 0 bridgehead atoms. The monoisotopic (exact) mass is 590 g/mol. The number of carbonyl (C=O) groups excluding carboxylic acids is 2. The van der Waals surface area contributed by atoms with Gasteiger partial charge in [-0.3, -0.25) is 9.59 Å². The van der Waals surface area contributed by atoms with E-state index < -0.39 is 47.7 Å². The van der Waals surface area contributed by atoms with E-state index >= 15 is 0 Å². The average Bonchev–Trinajstić information content (AvgIpc) is 3.21. The van der Waals surface area contributed by atoms with Gasteiger partial charge >= 0.3 is 11.9 Å². The predicted molar refractivity (Wildman–Crippen MR) is 161 cm³/mol. The van der Waals surface area contributed by atoms with E-state index in [9.17, 15) is 19.8 Å². The number of aliphatic hydroxyl groups excluding tert-OH is 2. The molecule has 1 saturated carbocycles. The van der Waals surface area contributed by atoms with E-state index in [-0.39, 0.29) is 17.8 Å². The Morgan fingerprint density at radius 2 is 1.76 bits per heavy atom. The third-order valence-corrected chi connectivity index (χ3v) is 9.99. The Hall–Kier alpha value is -2.00. The van der Waals surface area contributed by atoms with Crippen LogP contribution in [0.25, 0.3) is 0 Å². The molecule has 3 aliphatic rings. The van der Waals surface area contributed by atoms with Crippen LogP contribution in [0.5, 0.6) is 0 Å². The molecular weight excluding hydrogens is 536 g/mol. The quantitative estimate of drug-likeness (QED) is 0.101. The van der Waals surface area contributed by atoms with Crippen LogP contribution in [0.15, 0.2) is 36.0 Å². The SMILES string of the molecule is C=CC(C)=CCC1(C)C(C)C(OC(=O)CCCCCCCCC)C(OCC)C23C(=CC(O)CC12)C(O)OC3OC(C)=O. The van der Waals surface area contributed by atoms with Crippen molar-refractivity contribution in [1.82, 2.24) is 0 Å². The molecule has 238 valence electrons. The van der Waals surface area contributed by atoms with Crippen molar-refractivity contribution in [3.63, 3.8) is 0 Å². The number of rotatable bonds is 15. The molecule has 2 fully saturated rings. The van der Waals surface area contributed by atoms with Crippen LogP contribution in [0, 0.1) is 22.7 Å². The van der Waals surface area contributed by atoms with Crippen molar-refractivity contribution < 1.29 is 38.7 Å². The molecule has 9 unspecified atom stereocenters. The minimum atomic E-state index is -1.40. The molecule has 1 saturated heterocycles. The van der Waals surface area contributed by atoms with Crippen molar-refractivity contribution in [2.45, 2.75) is 137 Å². The lowest BCUT2D eigenvalue weighted by Gasteiger charge is -2.63. The molecule has 42 heavy (non-hydrogen) atoms. The third kappa shape index (κ3) is 7.03. The number of carbonyl (C=O) groups is 2. The zero-order valence-corrected chi connectivity index (χ0v) is 26.6. The van der Waals surface area contributed by atoms with Crippen LogP contribution >= 0.6 is 0 Å². The van der Waals surface area contributed by atoms with Gasteiger partial charge in [0.15, 0.2) is 6.29 Å². The molecule has 0 amide bonds. The van der Waals surface area contributed by atoms with Gasteiger partial charge in [0.2, 0.25) is 6.29 Å². The summed E-state index contributed by atoms with van der Waals surface area (Å²) < 4.78 is 24.5. The molecule has 8 nitrogen and oxygen atoms in total. The van der Waals surface area contributed by atoms with Crippen molar-refractivity contribution in [3.8, 4) is 0 Å². The number of hydrogen-bond acceptors (Lipinski definition) is 8. The van der Waals surface area contributed by atoms with Gasteiger partial charge in [-0.15, -0.1) is 0 Å². The van der Waals surface area contributed by atoms with Crippen molar-refractivity contribution in [1.29, 1.82) is 0 Å². The molecule has 2 N–H and O–H groups in total. The van der Waals surface area contributed by atoms with Crippen LogP contribution in [0.3, 0.4) is 0 Å². The first-order valence-electron chi connectivity index (χ1n) is 16.0. The molecule has 0 aromatic rings. The number of aliphatic hydroxyl groups is 2. The Labute approximate surface area is 252 Å². The Bertz CT molecular complexity index is 1000. The van der Waals surface area contributed by atoms with Gasteiger partial charge in [-0.25, -0.2) is 0 Å². The third-order valence-electron chi connectivity index (χ3n) is 9.99. The van der Waals surface area contributed by atoms with Gasteiger partial charge in [0.05, 0.1) is 11.5 Å². The van der Waals surface area contributed by atoms with Gasteiger partial charge in [-0.1, -0.05) is 89.7 Å². The fourth-order valence-electron chi connectivity index (χ4n) is 7.58. The molecule has 1 spiro atoms. The average molecular weight is 591 g/mol. The molecule has 1 aliphatic heterocycles. The fraction of sp³-hybridized carbons (Fsp3) is 0.765. The van der Waals surface area contributed by atoms with Crippen LogP contribution in [0.2, 0.25) is 0 Å². The Balaban J connectivity index is 2.04. The molecule has 2 aliphatic carbocycles. The van der Waals surface area contributed by atoms with Gasteiger partial charge in [0.25, 0.3) is 0 Å². The summed E-state index contributed by atoms with van der Waals surface area (Å²) in [5, 5.41) is 22.2. The summed E-state index contributed by atoms with van der Waals surface area (Å²) in [6.45, 7) is 15.7. The first-order chi connectivity index (χ1) is 20.0. The lowest BCUT2D eigenvalue weighted by Crippen LogP contribution is -2.69. The van der Waals surface area contributed by atoms with E-state index in [1.54, 1.807) is 12.2 Å². The fourth-order valence-corrected chi connectivity index (χ4v) is 7.58. The topological polar surface area (TPSA) is 112 Å². The normalized spacial score (nSPS) is 36.0. The second-order valence-electron chi connectivity index (χ2n) is 12.7.